The number of aliphatic hydroxyl groups excluding tert-OH is 1. The van der Waals surface area contributed by atoms with Gasteiger partial charge in [-0.2, -0.15) is 0 Å². The van der Waals surface area contributed by atoms with Gasteiger partial charge in [-0.1, -0.05) is 51.0 Å². The predicted octanol–water partition coefficient (Wildman–Crippen LogP) is 3.15. The fourth-order valence-corrected chi connectivity index (χ4v) is 2.63. The third-order valence-corrected chi connectivity index (χ3v) is 3.90. The number of benzene rings is 1. The Morgan fingerprint density at radius 1 is 1.00 bits per heavy atom. The largest absolute Gasteiger partial charge is 0.387 e. The molecule has 1 aliphatic carbocycles. The van der Waals surface area contributed by atoms with Crippen molar-refractivity contribution in [3.63, 3.8) is 0 Å². The zero-order chi connectivity index (χ0) is 12.5. The summed E-state index contributed by atoms with van der Waals surface area (Å²) in [4.78, 5) is 0. The summed E-state index contributed by atoms with van der Waals surface area (Å²) in [6, 6.07) is 7.97. The third kappa shape index (κ3) is 2.53. The van der Waals surface area contributed by atoms with Crippen molar-refractivity contribution >= 4 is 0 Å². The van der Waals surface area contributed by atoms with E-state index in [1.807, 2.05) is 24.3 Å². The van der Waals surface area contributed by atoms with Gasteiger partial charge in [0, 0.05) is 0 Å². The maximum Gasteiger partial charge on any atom is 0.108 e. The minimum Gasteiger partial charge on any atom is -0.387 e. The van der Waals surface area contributed by atoms with Crippen molar-refractivity contribution in [1.29, 1.82) is 0 Å². The molecule has 0 aromatic heterocycles. The van der Waals surface area contributed by atoms with E-state index in [9.17, 15) is 10.2 Å². The molecular formula is C15H22O2. The summed E-state index contributed by atoms with van der Waals surface area (Å²) in [7, 11) is 0. The normalized spacial score (nSPS) is 20.8. The zero-order valence-corrected chi connectivity index (χ0v) is 10.7. The molecule has 0 saturated heterocycles. The molecule has 2 heteroatoms. The van der Waals surface area contributed by atoms with E-state index < -0.39 is 11.7 Å². The highest BCUT2D eigenvalue weighted by atomic mass is 16.3. The molecule has 1 aromatic rings. The quantitative estimate of drug-likeness (QED) is 0.843. The second-order valence-electron chi connectivity index (χ2n) is 5.53. The molecule has 1 saturated carbocycles. The van der Waals surface area contributed by atoms with Crippen molar-refractivity contribution in [2.75, 3.05) is 0 Å². The van der Waals surface area contributed by atoms with Crippen molar-refractivity contribution in [3.8, 4) is 0 Å². The van der Waals surface area contributed by atoms with Gasteiger partial charge in [-0.05, 0) is 29.9 Å². The van der Waals surface area contributed by atoms with Crippen molar-refractivity contribution in [2.24, 2.45) is 0 Å². The highest BCUT2D eigenvalue weighted by Gasteiger charge is 2.39. The maximum absolute atomic E-state index is 10.3. The lowest BCUT2D eigenvalue weighted by atomic mass is 9.88. The fourth-order valence-electron chi connectivity index (χ4n) is 2.63. The van der Waals surface area contributed by atoms with Crippen molar-refractivity contribution < 1.29 is 10.2 Å². The topological polar surface area (TPSA) is 40.5 Å². The van der Waals surface area contributed by atoms with Crippen LogP contribution in [0.15, 0.2) is 24.3 Å². The maximum atomic E-state index is 10.3. The molecule has 0 aliphatic heterocycles. The molecule has 2 rings (SSSR count). The molecular weight excluding hydrogens is 212 g/mol. The Kier molecular flexibility index (Phi) is 3.55. The number of hydrogen-bond donors (Lipinski definition) is 2. The van der Waals surface area contributed by atoms with Gasteiger partial charge in [0.05, 0.1) is 5.60 Å². The number of hydrogen-bond acceptors (Lipinski definition) is 2. The van der Waals surface area contributed by atoms with Gasteiger partial charge in [-0.3, -0.25) is 0 Å². The SMILES string of the molecule is CC(C)c1ccc(C(O)C2(O)CCCC2)cc1. The van der Waals surface area contributed by atoms with Crippen LogP contribution in [0.3, 0.4) is 0 Å². The lowest BCUT2D eigenvalue weighted by Crippen LogP contribution is -2.32. The van der Waals surface area contributed by atoms with Gasteiger partial charge in [0.15, 0.2) is 0 Å². The third-order valence-electron chi connectivity index (χ3n) is 3.90. The Balaban J connectivity index is 2.16. The summed E-state index contributed by atoms with van der Waals surface area (Å²) in [6.07, 6.45) is 2.70. The monoisotopic (exact) mass is 234 g/mol. The first-order chi connectivity index (χ1) is 8.03. The lowest BCUT2D eigenvalue weighted by Gasteiger charge is -2.28. The standard InChI is InChI=1S/C15H22O2/c1-11(2)12-5-7-13(8-6-12)14(16)15(17)9-3-4-10-15/h5-8,11,14,16-17H,3-4,9-10H2,1-2H3. The van der Waals surface area contributed by atoms with E-state index in [0.717, 1.165) is 18.4 Å². The van der Waals surface area contributed by atoms with E-state index in [4.69, 9.17) is 0 Å². The first-order valence-corrected chi connectivity index (χ1v) is 6.53. The number of aliphatic hydroxyl groups is 2. The van der Waals surface area contributed by atoms with Crippen LogP contribution in [0.2, 0.25) is 0 Å². The summed E-state index contributed by atoms with van der Waals surface area (Å²) in [5.41, 5.74) is 1.19. The summed E-state index contributed by atoms with van der Waals surface area (Å²) in [5.74, 6) is 0.496. The van der Waals surface area contributed by atoms with Gasteiger partial charge in [0.2, 0.25) is 0 Å². The highest BCUT2D eigenvalue weighted by Crippen LogP contribution is 2.39. The van der Waals surface area contributed by atoms with Crippen LogP contribution < -0.4 is 0 Å². The molecule has 94 valence electrons. The summed E-state index contributed by atoms with van der Waals surface area (Å²) < 4.78 is 0. The molecule has 2 nitrogen and oxygen atoms in total. The van der Waals surface area contributed by atoms with Gasteiger partial charge in [0.1, 0.15) is 6.10 Å². The molecule has 1 unspecified atom stereocenters. The van der Waals surface area contributed by atoms with E-state index in [-0.39, 0.29) is 0 Å². The molecule has 2 N–H and O–H groups in total. The van der Waals surface area contributed by atoms with Crippen LogP contribution in [0.4, 0.5) is 0 Å². The van der Waals surface area contributed by atoms with Crippen molar-refractivity contribution in [1.82, 2.24) is 0 Å². The van der Waals surface area contributed by atoms with Crippen LogP contribution in [0, 0.1) is 0 Å². The predicted molar refractivity (Wildman–Crippen MR) is 68.9 cm³/mol. The summed E-state index contributed by atoms with van der Waals surface area (Å²) in [5, 5.41) is 20.6. The van der Waals surface area contributed by atoms with Crippen LogP contribution in [0.25, 0.3) is 0 Å². The Morgan fingerprint density at radius 2 is 1.47 bits per heavy atom. The molecule has 0 heterocycles. The summed E-state index contributed by atoms with van der Waals surface area (Å²) >= 11 is 0. The smallest absolute Gasteiger partial charge is 0.108 e. The average Bonchev–Trinajstić information content (AvgIpc) is 2.76. The van der Waals surface area contributed by atoms with E-state index in [0.29, 0.717) is 18.8 Å². The second kappa shape index (κ2) is 4.79. The molecule has 0 amide bonds. The van der Waals surface area contributed by atoms with Gasteiger partial charge in [-0.25, -0.2) is 0 Å². The van der Waals surface area contributed by atoms with E-state index in [1.54, 1.807) is 0 Å². The van der Waals surface area contributed by atoms with Crippen molar-refractivity contribution in [3.05, 3.63) is 35.4 Å². The highest BCUT2D eigenvalue weighted by molar-refractivity contribution is 5.27. The Hall–Kier alpha value is -0.860. The van der Waals surface area contributed by atoms with Crippen LogP contribution in [0.5, 0.6) is 0 Å². The van der Waals surface area contributed by atoms with Crippen LogP contribution >= 0.6 is 0 Å². The first-order valence-electron chi connectivity index (χ1n) is 6.53. The van der Waals surface area contributed by atoms with Gasteiger partial charge < -0.3 is 10.2 Å². The first kappa shape index (κ1) is 12.6. The lowest BCUT2D eigenvalue weighted by molar-refractivity contribution is -0.0719. The van der Waals surface area contributed by atoms with Gasteiger partial charge in [-0.15, -0.1) is 0 Å². The minimum atomic E-state index is -0.903. The Labute approximate surface area is 103 Å². The molecule has 1 aromatic carbocycles. The molecule has 0 spiro atoms. The fraction of sp³-hybridized carbons (Fsp3) is 0.600. The molecule has 0 radical (unpaired) electrons. The van der Waals surface area contributed by atoms with E-state index in [2.05, 4.69) is 13.8 Å². The molecule has 0 bridgehead atoms. The number of rotatable bonds is 3. The van der Waals surface area contributed by atoms with Crippen LogP contribution in [0.1, 0.15) is 62.7 Å². The van der Waals surface area contributed by atoms with Crippen LogP contribution in [-0.4, -0.2) is 15.8 Å². The average molecular weight is 234 g/mol. The molecule has 1 aliphatic rings. The van der Waals surface area contributed by atoms with E-state index in [1.165, 1.54) is 5.56 Å². The van der Waals surface area contributed by atoms with Gasteiger partial charge in [0.25, 0.3) is 0 Å². The minimum absolute atomic E-state index is 0.496. The summed E-state index contributed by atoms with van der Waals surface area (Å²) in [6.45, 7) is 4.30. The van der Waals surface area contributed by atoms with Crippen molar-refractivity contribution in [2.45, 2.75) is 57.2 Å². The van der Waals surface area contributed by atoms with Crippen LogP contribution in [-0.2, 0) is 0 Å². The molecule has 1 atom stereocenters. The Morgan fingerprint density at radius 3 is 1.94 bits per heavy atom. The van der Waals surface area contributed by atoms with E-state index >= 15 is 0 Å². The molecule has 17 heavy (non-hydrogen) atoms. The Bertz CT molecular complexity index is 361. The van der Waals surface area contributed by atoms with Gasteiger partial charge >= 0.3 is 0 Å². The zero-order valence-electron chi connectivity index (χ0n) is 10.7. The second-order valence-corrected chi connectivity index (χ2v) is 5.53. The molecule has 1 fully saturated rings.